The Hall–Kier alpha value is -1.69. The average Bonchev–Trinajstić information content (AvgIpc) is 3.77. The second kappa shape index (κ2) is 16.7. The van der Waals surface area contributed by atoms with Crippen LogP contribution >= 0.6 is 0 Å². The summed E-state index contributed by atoms with van der Waals surface area (Å²) in [5.74, 6) is -0.258. The Labute approximate surface area is 348 Å². The number of methoxy groups -OCH3 is 1. The molecule has 0 unspecified atom stereocenters. The smallest absolute Gasteiger partial charge is 0.331 e. The van der Waals surface area contributed by atoms with Gasteiger partial charge in [0.25, 0.3) is 0 Å². The topological polar surface area (TPSA) is 273 Å². The molecule has 9 N–H and O–H groups in total. The van der Waals surface area contributed by atoms with Crippen LogP contribution in [-0.4, -0.2) is 182 Å². The Morgan fingerprint density at radius 3 is 2.20 bits per heavy atom. The molecular formula is C42H64O18. The first kappa shape index (κ1) is 44.9. The van der Waals surface area contributed by atoms with Gasteiger partial charge >= 0.3 is 5.97 Å². The molecule has 18 nitrogen and oxygen atoms in total. The lowest BCUT2D eigenvalue weighted by atomic mass is 9.41. The third-order valence-corrected chi connectivity index (χ3v) is 16.0. The maximum Gasteiger partial charge on any atom is 0.331 e. The summed E-state index contributed by atoms with van der Waals surface area (Å²) in [6.07, 6.45) is -9.34. The Balaban J connectivity index is 0.869. The monoisotopic (exact) mass is 856 g/mol. The fourth-order valence-corrected chi connectivity index (χ4v) is 12.4. The number of cyclic esters (lactones) is 1. The normalized spacial score (nSPS) is 53.1. The van der Waals surface area contributed by atoms with Gasteiger partial charge in [-0.15, -0.1) is 0 Å². The van der Waals surface area contributed by atoms with Crippen LogP contribution in [0.25, 0.3) is 0 Å². The summed E-state index contributed by atoms with van der Waals surface area (Å²) >= 11 is 0. The van der Waals surface area contributed by atoms with Gasteiger partial charge in [-0.05, 0) is 81.1 Å². The Bertz CT molecular complexity index is 1640. The van der Waals surface area contributed by atoms with Crippen molar-refractivity contribution in [2.75, 3.05) is 26.9 Å². The number of fused-ring (bicyclic) bond motifs is 5. The van der Waals surface area contributed by atoms with Crippen LogP contribution in [-0.2, 0) is 42.7 Å². The van der Waals surface area contributed by atoms with E-state index in [1.165, 1.54) is 13.2 Å². The van der Waals surface area contributed by atoms with Crippen molar-refractivity contribution in [3.8, 4) is 0 Å². The molecule has 4 heterocycles. The van der Waals surface area contributed by atoms with Gasteiger partial charge in [0.1, 0.15) is 67.1 Å². The lowest BCUT2D eigenvalue weighted by Crippen LogP contribution is -2.72. The predicted molar refractivity (Wildman–Crippen MR) is 203 cm³/mol. The molecule has 3 saturated heterocycles. The zero-order valence-corrected chi connectivity index (χ0v) is 34.7. The maximum absolute atomic E-state index is 12.7. The van der Waals surface area contributed by atoms with Crippen molar-refractivity contribution in [2.45, 2.75) is 182 Å². The van der Waals surface area contributed by atoms with Crippen molar-refractivity contribution < 1.29 is 88.6 Å². The van der Waals surface area contributed by atoms with Gasteiger partial charge in [-0.3, -0.25) is 0 Å². The number of carbonyl (C=O) groups is 1. The number of rotatable bonds is 10. The van der Waals surface area contributed by atoms with Crippen molar-refractivity contribution in [3.63, 3.8) is 0 Å². The van der Waals surface area contributed by atoms with Crippen LogP contribution in [0.4, 0.5) is 0 Å². The molecule has 0 aromatic heterocycles. The maximum atomic E-state index is 12.7. The van der Waals surface area contributed by atoms with Gasteiger partial charge in [-0.2, -0.15) is 0 Å². The summed E-state index contributed by atoms with van der Waals surface area (Å²) in [6.45, 7) is 5.08. The third kappa shape index (κ3) is 7.23. The summed E-state index contributed by atoms with van der Waals surface area (Å²) in [4.78, 5) is 11.9. The molecule has 0 aromatic carbocycles. The Morgan fingerprint density at radius 1 is 0.817 bits per heavy atom. The van der Waals surface area contributed by atoms with E-state index in [2.05, 4.69) is 6.92 Å². The highest BCUT2D eigenvalue weighted by Crippen LogP contribution is 2.70. The van der Waals surface area contributed by atoms with E-state index in [0.29, 0.717) is 19.3 Å². The number of carbonyl (C=O) groups excluding carboxylic acids is 1. The highest BCUT2D eigenvalue weighted by Gasteiger charge is 2.72. The van der Waals surface area contributed by atoms with Gasteiger partial charge in [0.2, 0.25) is 0 Å². The van der Waals surface area contributed by atoms with Gasteiger partial charge in [-0.1, -0.05) is 19.9 Å². The van der Waals surface area contributed by atoms with E-state index >= 15 is 0 Å². The van der Waals surface area contributed by atoms with E-state index in [9.17, 15) is 50.8 Å². The van der Waals surface area contributed by atoms with Gasteiger partial charge in [0, 0.05) is 30.6 Å². The van der Waals surface area contributed by atoms with Crippen LogP contribution in [0, 0.1) is 22.7 Å². The van der Waals surface area contributed by atoms with Gasteiger partial charge < -0.3 is 83.9 Å². The first-order valence-electron chi connectivity index (χ1n) is 21.5. The van der Waals surface area contributed by atoms with Crippen molar-refractivity contribution in [3.05, 3.63) is 23.3 Å². The molecule has 340 valence electrons. The fourth-order valence-electron chi connectivity index (χ4n) is 12.4. The van der Waals surface area contributed by atoms with E-state index in [-0.39, 0.29) is 42.4 Å². The van der Waals surface area contributed by atoms with E-state index < -0.39 is 116 Å². The zero-order chi connectivity index (χ0) is 43.1. The molecule has 0 radical (unpaired) electrons. The molecule has 0 bridgehead atoms. The number of aliphatic hydroxyl groups excluding tert-OH is 7. The largest absolute Gasteiger partial charge is 0.458 e. The molecule has 0 amide bonds. The van der Waals surface area contributed by atoms with Crippen molar-refractivity contribution >= 4 is 5.97 Å². The minimum atomic E-state index is -1.72. The van der Waals surface area contributed by atoms with Gasteiger partial charge in [-0.25, -0.2) is 4.79 Å². The average molecular weight is 857 g/mol. The highest BCUT2D eigenvalue weighted by atomic mass is 16.8. The lowest BCUT2D eigenvalue weighted by molar-refractivity contribution is -0.355. The molecule has 6 fully saturated rings. The first-order chi connectivity index (χ1) is 28.4. The molecule has 8 aliphatic rings. The lowest BCUT2D eigenvalue weighted by Gasteiger charge is -2.67. The van der Waals surface area contributed by atoms with E-state index in [1.807, 2.05) is 13.0 Å². The second-order valence-electron chi connectivity index (χ2n) is 19.0. The minimum absolute atomic E-state index is 0.122. The fraction of sp³-hybridized carbons (Fsp3) is 0.881. The van der Waals surface area contributed by atoms with Crippen LogP contribution in [0.15, 0.2) is 23.3 Å². The second-order valence-corrected chi connectivity index (χ2v) is 19.0. The molecule has 8 rings (SSSR count). The van der Waals surface area contributed by atoms with Crippen molar-refractivity contribution in [2.24, 2.45) is 22.7 Å². The molecule has 0 spiro atoms. The van der Waals surface area contributed by atoms with Crippen molar-refractivity contribution in [1.82, 2.24) is 0 Å². The van der Waals surface area contributed by atoms with E-state index in [0.717, 1.165) is 43.3 Å². The number of aliphatic hydroxyl groups is 9. The van der Waals surface area contributed by atoms with Crippen LogP contribution in [0.3, 0.4) is 0 Å². The summed E-state index contributed by atoms with van der Waals surface area (Å²) in [6, 6.07) is 0. The Kier molecular flexibility index (Phi) is 12.5. The quantitative estimate of drug-likeness (QED) is 0.0925. The number of hydrogen-bond donors (Lipinski definition) is 9. The Morgan fingerprint density at radius 2 is 1.52 bits per heavy atom. The minimum Gasteiger partial charge on any atom is -0.458 e. The number of esters is 1. The van der Waals surface area contributed by atoms with E-state index in [1.54, 1.807) is 6.92 Å². The molecular weight excluding hydrogens is 792 g/mol. The van der Waals surface area contributed by atoms with Crippen LogP contribution in [0.5, 0.6) is 0 Å². The number of hydrogen-bond acceptors (Lipinski definition) is 18. The number of ether oxygens (including phenoxy) is 8. The molecule has 18 heteroatoms. The predicted octanol–water partition coefficient (Wildman–Crippen LogP) is -1.18. The molecule has 21 atom stereocenters. The summed E-state index contributed by atoms with van der Waals surface area (Å²) in [7, 11) is 1.52. The van der Waals surface area contributed by atoms with Crippen LogP contribution in [0.1, 0.15) is 78.6 Å². The zero-order valence-electron chi connectivity index (χ0n) is 34.7. The summed E-state index contributed by atoms with van der Waals surface area (Å²) in [5, 5.41) is 97.6. The van der Waals surface area contributed by atoms with Crippen molar-refractivity contribution in [1.29, 1.82) is 0 Å². The molecule has 3 saturated carbocycles. The molecule has 0 aromatic rings. The van der Waals surface area contributed by atoms with E-state index in [4.69, 9.17) is 37.9 Å². The highest BCUT2D eigenvalue weighted by molar-refractivity contribution is 5.86. The first-order valence-corrected chi connectivity index (χ1v) is 21.5. The third-order valence-electron chi connectivity index (χ3n) is 16.0. The summed E-state index contributed by atoms with van der Waals surface area (Å²) < 4.78 is 47.0. The standard InChI is InChI=1S/C42H64O18/c1-19-36(60-38-35(50)33(48)31(46)26(59-38)18-55-37-34(49)32(47)30(45)25(16-43)58-37)24(53-4)15-29(56-19)57-22-6-9-39(2)21(14-22)5-11-41(51)27(39)8-10-40(3)23(7-12-42(40,41)52)20-13-28(44)54-17-20/h7,13,19,21-22,24-27,29-38,43,45-52H,5-6,8-12,14-18H2,1-4H3/t19-,21-,22+,24-,25-,26-,27-,29+,30-,31-,32+,33+,34-,35-,36+,37-,38+,39+,40-,41+,42-/m1/s1. The SMILES string of the molecule is CO[C@@H]1C[C@H](O[C@H]2CC[C@@]3(C)[C@H](CC[C@]4(O)[C@@H]3CC[C@]3(C)C(C5=CC(=O)OC5)=CC[C@@]34O)C2)O[C@H](C)[C@@H]1O[C@@H]1O[C@H](CO[C@@H]2O[C@H](CO)[C@@H](O)[C@H](O)[C@H]2O)[C@@H](O)[C@H](O)[C@H]1O. The molecule has 60 heavy (non-hydrogen) atoms. The molecule has 4 aliphatic carbocycles. The van der Waals surface area contributed by atoms with Gasteiger partial charge in [0.05, 0.1) is 37.1 Å². The summed E-state index contributed by atoms with van der Waals surface area (Å²) in [5.41, 5.74) is -1.90. The van der Waals surface area contributed by atoms with Crippen LogP contribution in [0.2, 0.25) is 0 Å². The van der Waals surface area contributed by atoms with Crippen LogP contribution < -0.4 is 0 Å². The molecule has 4 aliphatic heterocycles. The van der Waals surface area contributed by atoms with Gasteiger partial charge in [0.15, 0.2) is 18.9 Å².